The average Bonchev–Trinajstić information content (AvgIpc) is 2.94. The van der Waals surface area contributed by atoms with Crippen LogP contribution in [0.5, 0.6) is 5.75 Å². The van der Waals surface area contributed by atoms with E-state index in [1.165, 1.54) is 22.3 Å². The van der Waals surface area contributed by atoms with Gasteiger partial charge in [-0.1, -0.05) is 49.4 Å². The van der Waals surface area contributed by atoms with Crippen molar-refractivity contribution in [2.75, 3.05) is 13.2 Å². The maximum atomic E-state index is 5.82. The van der Waals surface area contributed by atoms with Crippen LogP contribution in [0.1, 0.15) is 18.1 Å². The van der Waals surface area contributed by atoms with Gasteiger partial charge in [0.2, 0.25) is 0 Å². The van der Waals surface area contributed by atoms with E-state index >= 15 is 0 Å². The molecule has 0 aromatic heterocycles. The van der Waals surface area contributed by atoms with Crippen LogP contribution >= 0.6 is 0 Å². The summed E-state index contributed by atoms with van der Waals surface area (Å²) in [5.74, 6) is 1.08. The van der Waals surface area contributed by atoms with Gasteiger partial charge in [0.1, 0.15) is 5.75 Å². The molecule has 0 unspecified atom stereocenters. The van der Waals surface area contributed by atoms with Crippen molar-refractivity contribution in [3.05, 3.63) is 53.6 Å². The van der Waals surface area contributed by atoms with E-state index in [0.29, 0.717) is 0 Å². The number of benzene rings is 2. The zero-order chi connectivity index (χ0) is 13.1. The van der Waals surface area contributed by atoms with Gasteiger partial charge in [-0.3, -0.25) is 0 Å². The van der Waals surface area contributed by atoms with Gasteiger partial charge in [0.15, 0.2) is 0 Å². The lowest BCUT2D eigenvalue weighted by Crippen LogP contribution is -2.12. The predicted molar refractivity (Wildman–Crippen MR) is 78.5 cm³/mol. The number of fused-ring (bicyclic) bond motifs is 1. The molecule has 0 saturated carbocycles. The van der Waals surface area contributed by atoms with E-state index in [1.54, 1.807) is 0 Å². The van der Waals surface area contributed by atoms with Crippen molar-refractivity contribution in [1.29, 1.82) is 0 Å². The lowest BCUT2D eigenvalue weighted by molar-refractivity contribution is 0.358. The Kier molecular flexibility index (Phi) is 3.51. The van der Waals surface area contributed by atoms with Gasteiger partial charge < -0.3 is 10.1 Å². The van der Waals surface area contributed by atoms with E-state index in [2.05, 4.69) is 54.7 Å². The summed E-state index contributed by atoms with van der Waals surface area (Å²) >= 11 is 0. The van der Waals surface area contributed by atoms with Gasteiger partial charge in [0.05, 0.1) is 6.61 Å². The zero-order valence-corrected chi connectivity index (χ0v) is 11.3. The standard InChI is InChI=1S/C17H19NO/c1-2-18-12-14-6-3-4-8-15(14)16-9-5-7-13-10-11-19-17(13)16/h3-9,18H,2,10-12H2,1H3. The third-order valence-corrected chi connectivity index (χ3v) is 3.59. The average molecular weight is 253 g/mol. The summed E-state index contributed by atoms with van der Waals surface area (Å²) in [6, 6.07) is 15.0. The van der Waals surface area contributed by atoms with Crippen LogP contribution in [0, 0.1) is 0 Å². The maximum Gasteiger partial charge on any atom is 0.130 e. The summed E-state index contributed by atoms with van der Waals surface area (Å²) in [7, 11) is 0. The number of para-hydroxylation sites is 1. The molecule has 0 spiro atoms. The van der Waals surface area contributed by atoms with Gasteiger partial charge in [-0.2, -0.15) is 0 Å². The minimum absolute atomic E-state index is 0.807. The molecular formula is C17H19NO. The molecule has 0 radical (unpaired) electrons. The third-order valence-electron chi connectivity index (χ3n) is 3.59. The third kappa shape index (κ3) is 2.36. The highest BCUT2D eigenvalue weighted by Crippen LogP contribution is 2.38. The minimum Gasteiger partial charge on any atom is -0.492 e. The SMILES string of the molecule is CCNCc1ccccc1-c1cccc2c1OCC2. The lowest BCUT2D eigenvalue weighted by atomic mass is 9.97. The molecule has 1 aliphatic rings. The van der Waals surface area contributed by atoms with Crippen LogP contribution in [0.3, 0.4) is 0 Å². The van der Waals surface area contributed by atoms with Crippen LogP contribution in [0.2, 0.25) is 0 Å². The summed E-state index contributed by atoms with van der Waals surface area (Å²) in [4.78, 5) is 0. The van der Waals surface area contributed by atoms with E-state index < -0.39 is 0 Å². The van der Waals surface area contributed by atoms with Crippen molar-refractivity contribution in [3.8, 4) is 16.9 Å². The molecule has 0 amide bonds. The van der Waals surface area contributed by atoms with Crippen molar-refractivity contribution in [2.24, 2.45) is 0 Å². The first-order chi connectivity index (χ1) is 9.40. The van der Waals surface area contributed by atoms with Gasteiger partial charge in [-0.05, 0) is 23.2 Å². The van der Waals surface area contributed by atoms with Crippen molar-refractivity contribution >= 4 is 0 Å². The molecule has 98 valence electrons. The molecule has 3 rings (SSSR count). The fraction of sp³-hybridized carbons (Fsp3) is 0.294. The maximum absolute atomic E-state index is 5.82. The Bertz CT molecular complexity index is 577. The second kappa shape index (κ2) is 5.45. The molecule has 1 aliphatic heterocycles. The first-order valence-corrected chi connectivity index (χ1v) is 6.94. The number of hydrogen-bond donors (Lipinski definition) is 1. The second-order valence-electron chi connectivity index (χ2n) is 4.83. The smallest absolute Gasteiger partial charge is 0.130 e. The van der Waals surface area contributed by atoms with Gasteiger partial charge in [-0.25, -0.2) is 0 Å². The summed E-state index contributed by atoms with van der Waals surface area (Å²) in [6.45, 7) is 4.82. The highest BCUT2D eigenvalue weighted by atomic mass is 16.5. The Labute approximate surface area is 114 Å². The number of ether oxygens (including phenoxy) is 1. The van der Waals surface area contributed by atoms with Crippen LogP contribution in [0.15, 0.2) is 42.5 Å². The van der Waals surface area contributed by atoms with Crippen molar-refractivity contribution in [2.45, 2.75) is 19.9 Å². The molecule has 0 fully saturated rings. The normalized spacial score (nSPS) is 13.1. The fourth-order valence-electron chi connectivity index (χ4n) is 2.62. The van der Waals surface area contributed by atoms with E-state index in [-0.39, 0.29) is 0 Å². The van der Waals surface area contributed by atoms with E-state index in [0.717, 1.165) is 31.9 Å². The molecule has 0 saturated heterocycles. The quantitative estimate of drug-likeness (QED) is 0.901. The number of hydrogen-bond acceptors (Lipinski definition) is 2. The number of nitrogens with one attached hydrogen (secondary N) is 1. The predicted octanol–water partition coefficient (Wildman–Crippen LogP) is 3.40. The van der Waals surface area contributed by atoms with Crippen LogP contribution in [-0.2, 0) is 13.0 Å². The van der Waals surface area contributed by atoms with Crippen LogP contribution < -0.4 is 10.1 Å². The molecule has 2 nitrogen and oxygen atoms in total. The largest absolute Gasteiger partial charge is 0.492 e. The molecule has 19 heavy (non-hydrogen) atoms. The lowest BCUT2D eigenvalue weighted by Gasteiger charge is -2.13. The highest BCUT2D eigenvalue weighted by Gasteiger charge is 2.18. The van der Waals surface area contributed by atoms with Gasteiger partial charge in [0, 0.05) is 18.5 Å². The van der Waals surface area contributed by atoms with E-state index in [4.69, 9.17) is 4.74 Å². The molecule has 2 aromatic rings. The van der Waals surface area contributed by atoms with Gasteiger partial charge >= 0.3 is 0 Å². The van der Waals surface area contributed by atoms with E-state index in [1.807, 2.05) is 0 Å². The molecular weight excluding hydrogens is 234 g/mol. The molecule has 1 heterocycles. The zero-order valence-electron chi connectivity index (χ0n) is 11.3. The molecule has 2 aromatic carbocycles. The molecule has 0 atom stereocenters. The first kappa shape index (κ1) is 12.2. The Morgan fingerprint density at radius 3 is 2.79 bits per heavy atom. The molecule has 0 aliphatic carbocycles. The molecule has 1 N–H and O–H groups in total. The van der Waals surface area contributed by atoms with Crippen molar-refractivity contribution in [3.63, 3.8) is 0 Å². The minimum atomic E-state index is 0.807. The Morgan fingerprint density at radius 1 is 1.05 bits per heavy atom. The summed E-state index contributed by atoms with van der Waals surface area (Å²) < 4.78 is 5.82. The van der Waals surface area contributed by atoms with Crippen molar-refractivity contribution in [1.82, 2.24) is 5.32 Å². The van der Waals surface area contributed by atoms with Crippen LogP contribution in [0.25, 0.3) is 11.1 Å². The van der Waals surface area contributed by atoms with Gasteiger partial charge in [-0.15, -0.1) is 0 Å². The van der Waals surface area contributed by atoms with Gasteiger partial charge in [0.25, 0.3) is 0 Å². The van der Waals surface area contributed by atoms with Crippen LogP contribution in [-0.4, -0.2) is 13.2 Å². The van der Waals surface area contributed by atoms with Crippen LogP contribution in [0.4, 0.5) is 0 Å². The van der Waals surface area contributed by atoms with E-state index in [9.17, 15) is 0 Å². The Morgan fingerprint density at radius 2 is 1.89 bits per heavy atom. The topological polar surface area (TPSA) is 21.3 Å². The summed E-state index contributed by atoms with van der Waals surface area (Å²) in [5.41, 5.74) is 5.16. The highest BCUT2D eigenvalue weighted by molar-refractivity contribution is 5.75. The fourth-order valence-corrected chi connectivity index (χ4v) is 2.62. The second-order valence-corrected chi connectivity index (χ2v) is 4.83. The van der Waals surface area contributed by atoms with Crippen molar-refractivity contribution < 1.29 is 4.74 Å². The Balaban J connectivity index is 2.05. The monoisotopic (exact) mass is 253 g/mol. The first-order valence-electron chi connectivity index (χ1n) is 6.94. The molecule has 2 heteroatoms. The number of rotatable bonds is 4. The Hall–Kier alpha value is -1.80. The summed E-state index contributed by atoms with van der Waals surface area (Å²) in [5, 5.41) is 3.40. The summed E-state index contributed by atoms with van der Waals surface area (Å²) in [6.07, 6.45) is 1.03. The molecule has 0 bridgehead atoms.